The predicted octanol–water partition coefficient (Wildman–Crippen LogP) is 3.59. The maximum absolute atomic E-state index is 12.4. The van der Waals surface area contributed by atoms with E-state index in [0.29, 0.717) is 11.3 Å². The molecule has 0 fully saturated rings. The van der Waals surface area contributed by atoms with Gasteiger partial charge in [0.05, 0.1) is 5.56 Å². The molecule has 1 aromatic carbocycles. The van der Waals surface area contributed by atoms with Gasteiger partial charge in [-0.05, 0) is 33.7 Å². The molecule has 5 nitrogen and oxygen atoms in total. The molecule has 0 N–H and O–H groups in total. The lowest BCUT2D eigenvalue weighted by molar-refractivity contribution is -0.389. The van der Waals surface area contributed by atoms with E-state index in [9.17, 15) is 23.3 Å². The van der Waals surface area contributed by atoms with Gasteiger partial charge in [-0.15, -0.1) is 0 Å². The maximum Gasteiger partial charge on any atom is 0.416 e. The normalized spacial score (nSPS) is 11.2. The summed E-state index contributed by atoms with van der Waals surface area (Å²) in [6, 6.07) is 7.10. The second-order valence-electron chi connectivity index (χ2n) is 4.09. The van der Waals surface area contributed by atoms with Crippen LogP contribution in [0.1, 0.15) is 11.1 Å². The van der Waals surface area contributed by atoms with Crippen LogP contribution in [0.3, 0.4) is 0 Å². The van der Waals surface area contributed by atoms with Crippen molar-refractivity contribution in [3.8, 4) is 5.75 Å². The van der Waals surface area contributed by atoms with Crippen LogP contribution in [0.25, 0.3) is 0 Å². The number of benzene rings is 1. The first kappa shape index (κ1) is 14.8. The summed E-state index contributed by atoms with van der Waals surface area (Å²) in [5.41, 5.74) is -0.190. The summed E-state index contributed by atoms with van der Waals surface area (Å²) < 4.78 is 42.4. The van der Waals surface area contributed by atoms with E-state index in [1.54, 1.807) is 0 Å². The average Bonchev–Trinajstić information content (AvgIpc) is 2.45. The minimum absolute atomic E-state index is 0.0393. The van der Waals surface area contributed by atoms with Crippen LogP contribution in [0.5, 0.6) is 5.75 Å². The zero-order valence-electron chi connectivity index (χ0n) is 10.5. The summed E-state index contributed by atoms with van der Waals surface area (Å²) in [5.74, 6) is -0.0163. The Balaban J connectivity index is 1.98. The second-order valence-corrected chi connectivity index (χ2v) is 4.09. The minimum Gasteiger partial charge on any atom is -0.485 e. The zero-order chi connectivity index (χ0) is 15.5. The van der Waals surface area contributed by atoms with E-state index in [2.05, 4.69) is 4.98 Å². The smallest absolute Gasteiger partial charge is 0.416 e. The lowest BCUT2D eigenvalue weighted by Gasteiger charge is -2.08. The van der Waals surface area contributed by atoms with Crippen molar-refractivity contribution in [2.75, 3.05) is 0 Å². The fourth-order valence-electron chi connectivity index (χ4n) is 1.52. The molecule has 0 bridgehead atoms. The fraction of sp³-hybridized carbons (Fsp3) is 0.154. The number of hydrogen-bond donors (Lipinski definition) is 0. The average molecular weight is 298 g/mol. The predicted molar refractivity (Wildman–Crippen MR) is 66.7 cm³/mol. The third kappa shape index (κ3) is 3.91. The number of hydrogen-bond acceptors (Lipinski definition) is 4. The highest BCUT2D eigenvalue weighted by atomic mass is 19.4. The van der Waals surface area contributed by atoms with Crippen molar-refractivity contribution < 1.29 is 22.8 Å². The standard InChI is InChI=1S/C13H9F3N2O3/c14-13(15,16)10-3-1-9(2-4-10)8-21-11-5-6-12(17-7-11)18(19)20/h1-7H,8H2. The number of aromatic nitrogens is 1. The van der Waals surface area contributed by atoms with Crippen LogP contribution in [-0.2, 0) is 12.8 Å². The molecule has 110 valence electrons. The molecule has 8 heteroatoms. The molecule has 0 aliphatic rings. The largest absolute Gasteiger partial charge is 0.485 e. The number of rotatable bonds is 4. The van der Waals surface area contributed by atoms with E-state index < -0.39 is 16.7 Å². The first-order chi connectivity index (χ1) is 9.86. The first-order valence-electron chi connectivity index (χ1n) is 5.75. The van der Waals surface area contributed by atoms with Gasteiger partial charge in [0.2, 0.25) is 0 Å². The van der Waals surface area contributed by atoms with Gasteiger partial charge >= 0.3 is 12.0 Å². The number of halogens is 3. The summed E-state index contributed by atoms with van der Waals surface area (Å²) in [4.78, 5) is 13.3. The summed E-state index contributed by atoms with van der Waals surface area (Å²) in [5, 5.41) is 10.4. The van der Waals surface area contributed by atoms with Crippen molar-refractivity contribution in [1.29, 1.82) is 0 Å². The van der Waals surface area contributed by atoms with Crippen molar-refractivity contribution >= 4 is 5.82 Å². The lowest BCUT2D eigenvalue weighted by Crippen LogP contribution is -2.05. The molecule has 1 heterocycles. The Morgan fingerprint density at radius 1 is 1.14 bits per heavy atom. The molecular formula is C13H9F3N2O3. The van der Waals surface area contributed by atoms with E-state index in [4.69, 9.17) is 4.74 Å². The summed E-state index contributed by atoms with van der Waals surface area (Å²) in [7, 11) is 0. The Bertz CT molecular complexity index is 625. The topological polar surface area (TPSA) is 65.3 Å². The summed E-state index contributed by atoms with van der Waals surface area (Å²) in [6.07, 6.45) is -3.19. The number of nitro groups is 1. The summed E-state index contributed by atoms with van der Waals surface area (Å²) in [6.45, 7) is 0.0393. The van der Waals surface area contributed by atoms with Gasteiger partial charge in [-0.2, -0.15) is 13.2 Å². The Morgan fingerprint density at radius 2 is 1.81 bits per heavy atom. The highest BCUT2D eigenvalue weighted by Crippen LogP contribution is 2.29. The number of nitrogens with zero attached hydrogens (tertiary/aromatic N) is 2. The Kier molecular flexibility index (Phi) is 4.06. The fourth-order valence-corrected chi connectivity index (χ4v) is 1.52. The molecule has 2 aromatic rings. The number of alkyl halides is 3. The van der Waals surface area contributed by atoms with E-state index in [0.717, 1.165) is 12.1 Å². The van der Waals surface area contributed by atoms with E-state index in [1.165, 1.54) is 30.5 Å². The minimum atomic E-state index is -4.37. The molecule has 0 unspecified atom stereocenters. The molecule has 1 aromatic heterocycles. The SMILES string of the molecule is O=[N+]([O-])c1ccc(OCc2ccc(C(F)(F)F)cc2)cn1. The van der Waals surface area contributed by atoms with Crippen molar-refractivity contribution in [3.63, 3.8) is 0 Å². The van der Waals surface area contributed by atoms with Gasteiger partial charge < -0.3 is 14.9 Å². The van der Waals surface area contributed by atoms with Crippen molar-refractivity contribution in [2.24, 2.45) is 0 Å². The molecule has 21 heavy (non-hydrogen) atoms. The van der Waals surface area contributed by atoms with Crippen LogP contribution in [0.2, 0.25) is 0 Å². The Hall–Kier alpha value is -2.64. The lowest BCUT2D eigenvalue weighted by atomic mass is 10.1. The number of ether oxygens (including phenoxy) is 1. The van der Waals surface area contributed by atoms with Crippen molar-refractivity contribution in [2.45, 2.75) is 12.8 Å². The molecule has 0 radical (unpaired) electrons. The highest BCUT2D eigenvalue weighted by molar-refractivity contribution is 5.28. The van der Waals surface area contributed by atoms with Gasteiger partial charge in [0.25, 0.3) is 0 Å². The molecule has 0 saturated heterocycles. The molecule has 0 amide bonds. The van der Waals surface area contributed by atoms with Crippen LogP contribution in [0, 0.1) is 10.1 Å². The monoisotopic (exact) mass is 298 g/mol. The molecule has 0 spiro atoms. The molecule has 0 aliphatic carbocycles. The molecule has 0 atom stereocenters. The van der Waals surface area contributed by atoms with E-state index in [-0.39, 0.29) is 12.4 Å². The Morgan fingerprint density at radius 3 is 2.29 bits per heavy atom. The van der Waals surface area contributed by atoms with Crippen LogP contribution in [-0.4, -0.2) is 9.91 Å². The third-order valence-electron chi connectivity index (χ3n) is 2.59. The molecule has 0 aliphatic heterocycles. The highest BCUT2D eigenvalue weighted by Gasteiger charge is 2.29. The molecule has 0 saturated carbocycles. The second kappa shape index (κ2) is 5.78. The van der Waals surface area contributed by atoms with E-state index in [1.807, 2.05) is 0 Å². The molecule has 2 rings (SSSR count). The molecular weight excluding hydrogens is 289 g/mol. The van der Waals surface area contributed by atoms with Gasteiger partial charge in [0.15, 0.2) is 11.9 Å². The van der Waals surface area contributed by atoms with Crippen LogP contribution in [0.15, 0.2) is 42.6 Å². The van der Waals surface area contributed by atoms with Crippen LogP contribution in [0.4, 0.5) is 19.0 Å². The van der Waals surface area contributed by atoms with Crippen molar-refractivity contribution in [1.82, 2.24) is 4.98 Å². The van der Waals surface area contributed by atoms with Gasteiger partial charge in [-0.3, -0.25) is 0 Å². The van der Waals surface area contributed by atoms with Crippen LogP contribution < -0.4 is 4.74 Å². The van der Waals surface area contributed by atoms with Gasteiger partial charge in [0.1, 0.15) is 6.61 Å². The van der Waals surface area contributed by atoms with Gasteiger partial charge in [-0.1, -0.05) is 12.1 Å². The third-order valence-corrected chi connectivity index (χ3v) is 2.59. The summed E-state index contributed by atoms with van der Waals surface area (Å²) >= 11 is 0. The maximum atomic E-state index is 12.4. The first-order valence-corrected chi connectivity index (χ1v) is 5.75. The Labute approximate surface area is 117 Å². The van der Waals surface area contributed by atoms with Gasteiger partial charge in [0, 0.05) is 6.07 Å². The van der Waals surface area contributed by atoms with E-state index >= 15 is 0 Å². The van der Waals surface area contributed by atoms with Crippen LogP contribution >= 0.6 is 0 Å². The number of pyridine rings is 1. The zero-order valence-corrected chi connectivity index (χ0v) is 10.5. The quantitative estimate of drug-likeness (QED) is 0.639. The van der Waals surface area contributed by atoms with Gasteiger partial charge in [-0.25, -0.2) is 0 Å². The van der Waals surface area contributed by atoms with Crippen molar-refractivity contribution in [3.05, 3.63) is 63.8 Å².